The summed E-state index contributed by atoms with van der Waals surface area (Å²) in [6.45, 7) is 2.83. The zero-order chi connectivity index (χ0) is 21.1. The molecular formula is C24H20N2O4. The molecular weight excluding hydrogens is 380 g/mol. The van der Waals surface area contributed by atoms with E-state index >= 15 is 0 Å². The van der Waals surface area contributed by atoms with Gasteiger partial charge in [-0.3, -0.25) is 14.5 Å². The van der Waals surface area contributed by atoms with Gasteiger partial charge in [0, 0.05) is 19.4 Å². The van der Waals surface area contributed by atoms with Crippen molar-refractivity contribution < 1.29 is 19.1 Å². The number of benzene rings is 3. The number of ether oxygens (including phenoxy) is 2. The van der Waals surface area contributed by atoms with Crippen LogP contribution in [-0.2, 0) is 9.59 Å². The predicted octanol–water partition coefficient (Wildman–Crippen LogP) is 4.50. The molecule has 1 heterocycles. The van der Waals surface area contributed by atoms with E-state index in [0.29, 0.717) is 28.6 Å². The summed E-state index contributed by atoms with van der Waals surface area (Å²) in [6, 6.07) is 23.9. The molecule has 3 aromatic rings. The SMILES string of the molecule is CC(=O)Oc1ccccc1N=C(c1ccccc1)C1Oc2ccccc2N1C(C)=O. The van der Waals surface area contributed by atoms with Gasteiger partial charge < -0.3 is 9.47 Å². The fourth-order valence-electron chi connectivity index (χ4n) is 3.36. The third-order valence-electron chi connectivity index (χ3n) is 4.60. The second-order valence-electron chi connectivity index (χ2n) is 6.75. The monoisotopic (exact) mass is 400 g/mol. The lowest BCUT2D eigenvalue weighted by molar-refractivity contribution is -0.131. The van der Waals surface area contributed by atoms with Crippen LogP contribution >= 0.6 is 0 Å². The van der Waals surface area contributed by atoms with E-state index in [1.807, 2.05) is 54.6 Å². The highest BCUT2D eigenvalue weighted by Gasteiger charge is 2.38. The summed E-state index contributed by atoms with van der Waals surface area (Å²) in [5.74, 6) is 0.341. The minimum Gasteiger partial charge on any atom is -0.462 e. The summed E-state index contributed by atoms with van der Waals surface area (Å²) in [5, 5.41) is 0. The van der Waals surface area contributed by atoms with Crippen molar-refractivity contribution in [3.63, 3.8) is 0 Å². The van der Waals surface area contributed by atoms with Crippen LogP contribution in [0.3, 0.4) is 0 Å². The summed E-state index contributed by atoms with van der Waals surface area (Å²) in [7, 11) is 0. The largest absolute Gasteiger partial charge is 0.462 e. The molecule has 1 amide bonds. The fourth-order valence-corrected chi connectivity index (χ4v) is 3.36. The van der Waals surface area contributed by atoms with E-state index < -0.39 is 12.2 Å². The average molecular weight is 400 g/mol. The first-order valence-corrected chi connectivity index (χ1v) is 9.51. The Labute approximate surface area is 174 Å². The molecule has 6 nitrogen and oxygen atoms in total. The Bertz CT molecular complexity index is 1120. The molecule has 1 aliphatic heterocycles. The van der Waals surface area contributed by atoms with Gasteiger partial charge in [0.05, 0.1) is 5.69 Å². The van der Waals surface area contributed by atoms with Crippen LogP contribution in [0.2, 0.25) is 0 Å². The number of para-hydroxylation sites is 4. The number of anilines is 1. The molecule has 0 aromatic heterocycles. The Hall–Kier alpha value is -3.93. The van der Waals surface area contributed by atoms with Crippen molar-refractivity contribution in [1.82, 2.24) is 0 Å². The molecule has 4 rings (SSSR count). The highest BCUT2D eigenvalue weighted by atomic mass is 16.5. The number of carbonyl (C=O) groups excluding carboxylic acids is 2. The number of nitrogens with zero attached hydrogens (tertiary/aromatic N) is 2. The van der Waals surface area contributed by atoms with Crippen molar-refractivity contribution in [2.24, 2.45) is 4.99 Å². The molecule has 1 atom stereocenters. The quantitative estimate of drug-likeness (QED) is 0.367. The predicted molar refractivity (Wildman–Crippen MR) is 114 cm³/mol. The molecule has 150 valence electrons. The Morgan fingerprint density at radius 2 is 1.57 bits per heavy atom. The summed E-state index contributed by atoms with van der Waals surface area (Å²) in [5.41, 5.74) is 2.47. The lowest BCUT2D eigenvalue weighted by atomic mass is 10.1. The Morgan fingerprint density at radius 3 is 2.30 bits per heavy atom. The van der Waals surface area contributed by atoms with Crippen molar-refractivity contribution in [1.29, 1.82) is 0 Å². The molecule has 0 radical (unpaired) electrons. The van der Waals surface area contributed by atoms with Gasteiger partial charge in [-0.15, -0.1) is 0 Å². The van der Waals surface area contributed by atoms with Crippen LogP contribution in [0.4, 0.5) is 11.4 Å². The normalized spacial score (nSPS) is 15.3. The summed E-state index contributed by atoms with van der Waals surface area (Å²) in [6.07, 6.45) is -0.757. The lowest BCUT2D eigenvalue weighted by Gasteiger charge is -2.24. The summed E-state index contributed by atoms with van der Waals surface area (Å²) in [4.78, 5) is 30.4. The van der Waals surface area contributed by atoms with Gasteiger partial charge in [0.1, 0.15) is 17.1 Å². The summed E-state index contributed by atoms with van der Waals surface area (Å²) >= 11 is 0. The van der Waals surface area contributed by atoms with Crippen LogP contribution in [0.1, 0.15) is 19.4 Å². The number of fused-ring (bicyclic) bond motifs is 1. The van der Waals surface area contributed by atoms with E-state index in [1.54, 1.807) is 29.2 Å². The van der Waals surface area contributed by atoms with Crippen LogP contribution in [0, 0.1) is 0 Å². The standard InChI is InChI=1S/C24H20N2O4/c1-16(27)26-20-13-7-9-15-22(20)30-24(26)23(18-10-4-3-5-11-18)25-19-12-6-8-14-21(19)29-17(2)28/h3-15,24H,1-2H3. The van der Waals surface area contributed by atoms with Gasteiger partial charge in [0.2, 0.25) is 12.1 Å². The third kappa shape index (κ3) is 3.80. The van der Waals surface area contributed by atoms with Crippen LogP contribution in [0.5, 0.6) is 11.5 Å². The van der Waals surface area contributed by atoms with E-state index in [1.165, 1.54) is 13.8 Å². The minimum absolute atomic E-state index is 0.165. The molecule has 6 heteroatoms. The number of esters is 1. The molecule has 0 saturated carbocycles. The molecule has 0 saturated heterocycles. The van der Waals surface area contributed by atoms with E-state index in [-0.39, 0.29) is 5.91 Å². The Balaban J connectivity index is 1.86. The van der Waals surface area contributed by atoms with Crippen LogP contribution in [0.25, 0.3) is 0 Å². The molecule has 1 aliphatic rings. The van der Waals surface area contributed by atoms with Crippen molar-refractivity contribution in [2.75, 3.05) is 4.90 Å². The maximum atomic E-state index is 12.5. The molecule has 30 heavy (non-hydrogen) atoms. The number of rotatable bonds is 4. The third-order valence-corrected chi connectivity index (χ3v) is 4.60. The molecule has 0 spiro atoms. The second-order valence-corrected chi connectivity index (χ2v) is 6.75. The minimum atomic E-state index is -0.757. The number of carbonyl (C=O) groups is 2. The van der Waals surface area contributed by atoms with Crippen LogP contribution in [-0.4, -0.2) is 23.8 Å². The van der Waals surface area contributed by atoms with E-state index in [2.05, 4.69) is 0 Å². The van der Waals surface area contributed by atoms with Gasteiger partial charge in [0.15, 0.2) is 5.75 Å². The van der Waals surface area contributed by atoms with Gasteiger partial charge in [-0.25, -0.2) is 4.99 Å². The molecule has 0 N–H and O–H groups in total. The first-order chi connectivity index (χ1) is 14.5. The topological polar surface area (TPSA) is 68.2 Å². The highest BCUT2D eigenvalue weighted by Crippen LogP contribution is 2.39. The van der Waals surface area contributed by atoms with Gasteiger partial charge in [-0.2, -0.15) is 0 Å². The molecule has 3 aromatic carbocycles. The van der Waals surface area contributed by atoms with Crippen LogP contribution < -0.4 is 14.4 Å². The number of aliphatic imine (C=N–C) groups is 1. The average Bonchev–Trinajstić information content (AvgIpc) is 3.13. The highest BCUT2D eigenvalue weighted by molar-refractivity contribution is 6.12. The fraction of sp³-hybridized carbons (Fsp3) is 0.125. The zero-order valence-corrected chi connectivity index (χ0v) is 16.6. The first-order valence-electron chi connectivity index (χ1n) is 9.51. The van der Waals surface area contributed by atoms with E-state index in [9.17, 15) is 9.59 Å². The van der Waals surface area contributed by atoms with Crippen molar-refractivity contribution in [3.05, 3.63) is 84.4 Å². The Morgan fingerprint density at radius 1 is 0.900 bits per heavy atom. The van der Waals surface area contributed by atoms with Crippen LogP contribution in [0.15, 0.2) is 83.9 Å². The van der Waals surface area contributed by atoms with Crippen molar-refractivity contribution >= 4 is 29.0 Å². The maximum absolute atomic E-state index is 12.5. The number of hydrogen-bond acceptors (Lipinski definition) is 5. The molecule has 0 aliphatic carbocycles. The van der Waals surface area contributed by atoms with Crippen molar-refractivity contribution in [3.8, 4) is 11.5 Å². The van der Waals surface area contributed by atoms with Gasteiger partial charge in [-0.05, 0) is 24.3 Å². The number of amides is 1. The lowest BCUT2D eigenvalue weighted by Crippen LogP contribution is -2.44. The maximum Gasteiger partial charge on any atom is 0.308 e. The van der Waals surface area contributed by atoms with Gasteiger partial charge >= 0.3 is 5.97 Å². The smallest absolute Gasteiger partial charge is 0.308 e. The first kappa shape index (κ1) is 19.4. The molecule has 0 fully saturated rings. The van der Waals surface area contributed by atoms with E-state index in [4.69, 9.17) is 14.5 Å². The summed E-state index contributed by atoms with van der Waals surface area (Å²) < 4.78 is 11.5. The van der Waals surface area contributed by atoms with E-state index in [0.717, 1.165) is 5.56 Å². The number of hydrogen-bond donors (Lipinski definition) is 0. The molecule has 1 unspecified atom stereocenters. The molecule has 0 bridgehead atoms. The second kappa shape index (κ2) is 8.21. The van der Waals surface area contributed by atoms with Gasteiger partial charge in [-0.1, -0.05) is 54.6 Å². The van der Waals surface area contributed by atoms with Crippen molar-refractivity contribution in [2.45, 2.75) is 20.1 Å². The zero-order valence-electron chi connectivity index (χ0n) is 16.6. The van der Waals surface area contributed by atoms with Gasteiger partial charge in [0.25, 0.3) is 0 Å². The Kier molecular flexibility index (Phi) is 5.30.